The van der Waals surface area contributed by atoms with Gasteiger partial charge in [-0.2, -0.15) is 0 Å². The topological polar surface area (TPSA) is 68.5 Å². The fraction of sp³-hybridized carbons (Fsp3) is 0.625. The molecule has 1 fully saturated rings. The van der Waals surface area contributed by atoms with Gasteiger partial charge in [-0.1, -0.05) is 6.92 Å². The average Bonchev–Trinajstić information content (AvgIpc) is 3.29. The highest BCUT2D eigenvalue weighted by atomic mass is 16.5. The van der Waals surface area contributed by atoms with E-state index < -0.39 is 0 Å². The van der Waals surface area contributed by atoms with Gasteiger partial charge >= 0.3 is 0 Å². The van der Waals surface area contributed by atoms with E-state index in [4.69, 9.17) is 10.5 Å². The third-order valence-corrected chi connectivity index (χ3v) is 3.89. The predicted molar refractivity (Wildman–Crippen MR) is 82.2 cm³/mol. The molecule has 1 aromatic rings. The number of rotatable bonds is 7. The number of likely N-dealkylation sites (N-methyl/N-ethyl adjacent to an activating group) is 1. The summed E-state index contributed by atoms with van der Waals surface area (Å²) in [6.45, 7) is 4.05. The van der Waals surface area contributed by atoms with Crippen molar-refractivity contribution in [3.8, 4) is 5.75 Å². The lowest BCUT2D eigenvalue weighted by atomic mass is 10.1. The minimum Gasteiger partial charge on any atom is -0.482 e. The summed E-state index contributed by atoms with van der Waals surface area (Å²) < 4.78 is 5.69. The third-order valence-electron chi connectivity index (χ3n) is 3.89. The summed E-state index contributed by atoms with van der Waals surface area (Å²) in [6, 6.07) is 4.24. The fourth-order valence-corrected chi connectivity index (χ4v) is 2.17. The molecule has 0 spiro atoms. The molecule has 2 rings (SSSR count). The first-order chi connectivity index (χ1) is 10.0. The quantitative estimate of drug-likeness (QED) is 0.829. The Morgan fingerprint density at radius 3 is 2.86 bits per heavy atom. The van der Waals surface area contributed by atoms with Gasteiger partial charge in [0.2, 0.25) is 0 Å². The Labute approximate surface area is 126 Å². The molecule has 1 aromatic heterocycles. The molecule has 0 bridgehead atoms. The zero-order valence-corrected chi connectivity index (χ0v) is 13.1. The Balaban J connectivity index is 1.99. The number of carbonyl (C=O) groups excluding carboxylic acids is 1. The van der Waals surface area contributed by atoms with Crippen LogP contribution < -0.4 is 10.5 Å². The summed E-state index contributed by atoms with van der Waals surface area (Å²) in [5.41, 5.74) is 7.78. The van der Waals surface area contributed by atoms with Gasteiger partial charge in [0.15, 0.2) is 6.61 Å². The van der Waals surface area contributed by atoms with Crippen molar-refractivity contribution < 1.29 is 9.53 Å². The van der Waals surface area contributed by atoms with Crippen molar-refractivity contribution in [2.75, 3.05) is 13.7 Å². The van der Waals surface area contributed by atoms with Crippen LogP contribution in [-0.4, -0.2) is 41.5 Å². The van der Waals surface area contributed by atoms with Crippen molar-refractivity contribution in [1.82, 2.24) is 9.88 Å². The Hall–Kier alpha value is -1.62. The van der Waals surface area contributed by atoms with Gasteiger partial charge in [0.25, 0.3) is 5.91 Å². The highest BCUT2D eigenvalue weighted by Crippen LogP contribution is 2.25. The van der Waals surface area contributed by atoms with Crippen LogP contribution in [0.15, 0.2) is 12.1 Å². The Morgan fingerprint density at radius 2 is 2.24 bits per heavy atom. The van der Waals surface area contributed by atoms with Crippen molar-refractivity contribution in [2.24, 2.45) is 5.73 Å². The van der Waals surface area contributed by atoms with Crippen LogP contribution in [0, 0.1) is 6.92 Å². The molecular formula is C16H25N3O2. The second-order valence-corrected chi connectivity index (χ2v) is 5.79. The Morgan fingerprint density at radius 1 is 1.52 bits per heavy atom. The lowest BCUT2D eigenvalue weighted by molar-refractivity contribution is -0.132. The number of carbonyl (C=O) groups is 1. The summed E-state index contributed by atoms with van der Waals surface area (Å²) >= 11 is 0. The van der Waals surface area contributed by atoms with Gasteiger partial charge in [0.1, 0.15) is 5.75 Å². The van der Waals surface area contributed by atoms with Crippen molar-refractivity contribution in [1.29, 1.82) is 0 Å². The summed E-state index contributed by atoms with van der Waals surface area (Å²) in [5.74, 6) is 0.686. The summed E-state index contributed by atoms with van der Waals surface area (Å²) in [4.78, 5) is 18.3. The second kappa shape index (κ2) is 6.89. The monoisotopic (exact) mass is 291 g/mol. The van der Waals surface area contributed by atoms with E-state index in [-0.39, 0.29) is 18.6 Å². The van der Waals surface area contributed by atoms with E-state index in [1.165, 1.54) is 0 Å². The van der Waals surface area contributed by atoms with Crippen LogP contribution in [-0.2, 0) is 11.2 Å². The number of aromatic nitrogens is 1. The Kier molecular flexibility index (Phi) is 5.17. The zero-order chi connectivity index (χ0) is 15.4. The normalized spacial score (nSPS) is 15.6. The standard InChI is InChI=1S/C16H25N3O2/c1-4-12(17)9-14-15(8-5-11(2)18-14)21-10-16(20)19(3)13-6-7-13/h5,8,12-13H,4,6-7,9-10,17H2,1-3H3. The van der Waals surface area contributed by atoms with Crippen LogP contribution in [0.5, 0.6) is 5.75 Å². The van der Waals surface area contributed by atoms with Gasteiger partial charge < -0.3 is 15.4 Å². The lowest BCUT2D eigenvalue weighted by Crippen LogP contribution is -2.33. The van der Waals surface area contributed by atoms with Gasteiger partial charge in [-0.15, -0.1) is 0 Å². The van der Waals surface area contributed by atoms with Gasteiger partial charge in [-0.25, -0.2) is 0 Å². The molecule has 0 radical (unpaired) electrons. The molecule has 5 heteroatoms. The molecule has 0 saturated heterocycles. The molecule has 21 heavy (non-hydrogen) atoms. The molecule has 0 aromatic carbocycles. The highest BCUT2D eigenvalue weighted by molar-refractivity contribution is 5.78. The minimum absolute atomic E-state index is 0.0174. The smallest absolute Gasteiger partial charge is 0.260 e. The number of nitrogens with zero attached hydrogens (tertiary/aromatic N) is 2. The van der Waals surface area contributed by atoms with Gasteiger partial charge in [0.05, 0.1) is 5.69 Å². The molecular weight excluding hydrogens is 266 g/mol. The largest absolute Gasteiger partial charge is 0.482 e. The molecule has 2 N–H and O–H groups in total. The average molecular weight is 291 g/mol. The second-order valence-electron chi connectivity index (χ2n) is 5.79. The molecule has 1 aliphatic carbocycles. The minimum atomic E-state index is 0.0174. The van der Waals surface area contributed by atoms with Crippen molar-refractivity contribution in [2.45, 2.75) is 51.6 Å². The van der Waals surface area contributed by atoms with E-state index in [1.807, 2.05) is 26.1 Å². The van der Waals surface area contributed by atoms with Crippen molar-refractivity contribution in [3.05, 3.63) is 23.5 Å². The first-order valence-corrected chi connectivity index (χ1v) is 7.61. The number of hydrogen-bond acceptors (Lipinski definition) is 4. The maximum Gasteiger partial charge on any atom is 0.260 e. The summed E-state index contributed by atoms with van der Waals surface area (Å²) in [5, 5.41) is 0. The van der Waals surface area contributed by atoms with Crippen LogP contribution in [0.1, 0.15) is 37.6 Å². The zero-order valence-electron chi connectivity index (χ0n) is 13.1. The predicted octanol–water partition coefficient (Wildman–Crippen LogP) is 1.67. The molecule has 5 nitrogen and oxygen atoms in total. The highest BCUT2D eigenvalue weighted by Gasteiger charge is 2.29. The molecule has 1 unspecified atom stereocenters. The summed E-state index contributed by atoms with van der Waals surface area (Å²) in [6.07, 6.45) is 3.76. The van der Waals surface area contributed by atoms with Crippen LogP contribution >= 0.6 is 0 Å². The number of hydrogen-bond donors (Lipinski definition) is 1. The molecule has 1 aliphatic rings. The van der Waals surface area contributed by atoms with Gasteiger partial charge in [-0.05, 0) is 38.3 Å². The first-order valence-electron chi connectivity index (χ1n) is 7.61. The lowest BCUT2D eigenvalue weighted by Gasteiger charge is -2.18. The molecule has 1 heterocycles. The molecule has 0 aliphatic heterocycles. The van der Waals surface area contributed by atoms with Crippen LogP contribution in [0.3, 0.4) is 0 Å². The molecule has 1 atom stereocenters. The summed E-state index contributed by atoms with van der Waals surface area (Å²) in [7, 11) is 1.84. The van der Waals surface area contributed by atoms with E-state index in [2.05, 4.69) is 11.9 Å². The van der Waals surface area contributed by atoms with E-state index >= 15 is 0 Å². The SMILES string of the molecule is CCC(N)Cc1nc(C)ccc1OCC(=O)N(C)C1CC1. The van der Waals surface area contributed by atoms with E-state index in [1.54, 1.807) is 4.90 Å². The number of amides is 1. The van der Waals surface area contributed by atoms with Gasteiger partial charge in [-0.3, -0.25) is 9.78 Å². The van der Waals surface area contributed by atoms with Crippen LogP contribution in [0.2, 0.25) is 0 Å². The molecule has 1 amide bonds. The van der Waals surface area contributed by atoms with Crippen LogP contribution in [0.4, 0.5) is 0 Å². The van der Waals surface area contributed by atoms with E-state index in [0.717, 1.165) is 30.7 Å². The third kappa shape index (κ3) is 4.43. The maximum absolute atomic E-state index is 12.0. The van der Waals surface area contributed by atoms with Gasteiger partial charge in [0, 0.05) is 31.2 Å². The fourth-order valence-electron chi connectivity index (χ4n) is 2.17. The first kappa shape index (κ1) is 15.8. The van der Waals surface area contributed by atoms with Crippen LogP contribution in [0.25, 0.3) is 0 Å². The molecule has 1 saturated carbocycles. The van der Waals surface area contributed by atoms with E-state index in [9.17, 15) is 4.79 Å². The number of aryl methyl sites for hydroxylation is 1. The maximum atomic E-state index is 12.0. The number of pyridine rings is 1. The van der Waals surface area contributed by atoms with Crippen molar-refractivity contribution in [3.63, 3.8) is 0 Å². The number of nitrogens with two attached hydrogens (primary N) is 1. The van der Waals surface area contributed by atoms with Crippen molar-refractivity contribution >= 4 is 5.91 Å². The van der Waals surface area contributed by atoms with E-state index in [0.29, 0.717) is 18.2 Å². The number of ether oxygens (including phenoxy) is 1. The Bertz CT molecular complexity index is 500. The molecule has 116 valence electrons.